The number of rotatable bonds is 9. The number of anilines is 2. The Morgan fingerprint density at radius 1 is 1.11 bits per heavy atom. The maximum absolute atomic E-state index is 12.7. The van der Waals surface area contributed by atoms with Crippen LogP contribution in [0.3, 0.4) is 0 Å². The number of unbranched alkanes of at least 4 members (excludes halogenated alkanes) is 1. The molecule has 0 fully saturated rings. The van der Waals surface area contributed by atoms with Gasteiger partial charge in [0, 0.05) is 12.1 Å². The van der Waals surface area contributed by atoms with Gasteiger partial charge in [0.2, 0.25) is 0 Å². The van der Waals surface area contributed by atoms with Gasteiger partial charge < -0.3 is 34.0 Å². The number of nitrogen functional groups attached to an aromatic ring is 2. The minimum Gasteiger partial charge on any atom is -0.382 e. The average molecular weight is 526 g/mol. The summed E-state index contributed by atoms with van der Waals surface area (Å²) in [4.78, 5) is 37.5. The molecule has 12 N–H and O–H groups in total. The molecule has 35 heavy (non-hydrogen) atoms. The molecule has 0 radical (unpaired) electrons. The standard InChI is InChI=1S/C20H28ClN11O2.ClH/c1-10(29-19(24)25)28-17(33)12-7-5-11(6-8-12)4-2-3-9-32(20(26)27)18(34)13-15(22)31-16(23)14(21)30-13;/h5-8,10H,2-4,9H2,1H3,(H3,26,27)(H,28,33)(H4,22,23,31)(H4,24,25,29);1H. The quantitative estimate of drug-likeness (QED) is 0.136. The van der Waals surface area contributed by atoms with E-state index >= 15 is 0 Å². The summed E-state index contributed by atoms with van der Waals surface area (Å²) in [5.41, 5.74) is 28.7. The first-order chi connectivity index (χ1) is 16.0. The molecule has 0 aliphatic heterocycles. The van der Waals surface area contributed by atoms with E-state index < -0.39 is 18.0 Å². The lowest BCUT2D eigenvalue weighted by atomic mass is 10.1. The summed E-state index contributed by atoms with van der Waals surface area (Å²) in [7, 11) is 0. The number of nitrogens with two attached hydrogens (primary N) is 5. The van der Waals surface area contributed by atoms with Gasteiger partial charge >= 0.3 is 0 Å². The van der Waals surface area contributed by atoms with Gasteiger partial charge in [-0.05, 0) is 43.9 Å². The van der Waals surface area contributed by atoms with E-state index in [1.54, 1.807) is 19.1 Å². The number of aliphatic imine (C=N–C) groups is 1. The van der Waals surface area contributed by atoms with E-state index in [-0.39, 0.29) is 53.3 Å². The molecule has 15 heteroatoms. The number of nitrogens with one attached hydrogen (secondary N) is 2. The smallest absolute Gasteiger partial charge is 0.283 e. The molecule has 0 spiro atoms. The number of hydrogen-bond donors (Lipinski definition) is 7. The van der Waals surface area contributed by atoms with Crippen molar-refractivity contribution in [1.82, 2.24) is 20.2 Å². The third-order valence-corrected chi connectivity index (χ3v) is 4.92. The predicted molar refractivity (Wildman–Crippen MR) is 138 cm³/mol. The lowest BCUT2D eigenvalue weighted by Gasteiger charge is -2.20. The van der Waals surface area contributed by atoms with Crippen molar-refractivity contribution in [2.24, 2.45) is 22.2 Å². The van der Waals surface area contributed by atoms with Crippen LogP contribution in [0.4, 0.5) is 11.6 Å². The van der Waals surface area contributed by atoms with E-state index in [2.05, 4.69) is 20.3 Å². The third kappa shape index (κ3) is 8.46. The highest BCUT2D eigenvalue weighted by Crippen LogP contribution is 2.19. The molecule has 1 atom stereocenters. The molecule has 2 rings (SSSR count). The van der Waals surface area contributed by atoms with Crippen molar-refractivity contribution in [1.29, 1.82) is 5.41 Å². The van der Waals surface area contributed by atoms with Gasteiger partial charge in [-0.25, -0.2) is 15.0 Å². The summed E-state index contributed by atoms with van der Waals surface area (Å²) in [6.07, 6.45) is 1.37. The molecule has 1 aromatic heterocycles. The summed E-state index contributed by atoms with van der Waals surface area (Å²) in [6, 6.07) is 7.07. The second-order valence-corrected chi connectivity index (χ2v) is 7.69. The summed E-state index contributed by atoms with van der Waals surface area (Å²) >= 11 is 5.83. The fraction of sp³-hybridized carbons (Fsp3) is 0.300. The van der Waals surface area contributed by atoms with Gasteiger partial charge in [0.1, 0.15) is 6.17 Å². The van der Waals surface area contributed by atoms with Crippen molar-refractivity contribution in [3.8, 4) is 0 Å². The van der Waals surface area contributed by atoms with Crippen LogP contribution < -0.4 is 34.0 Å². The molecule has 0 aliphatic carbocycles. The van der Waals surface area contributed by atoms with E-state index in [0.717, 1.165) is 10.5 Å². The molecule has 2 aromatic rings. The van der Waals surface area contributed by atoms with Crippen LogP contribution in [0.1, 0.15) is 46.2 Å². The number of aromatic nitrogens is 2. The van der Waals surface area contributed by atoms with Crippen LogP contribution in [-0.2, 0) is 6.42 Å². The second kappa shape index (κ2) is 13.2. The molecule has 0 aliphatic rings. The van der Waals surface area contributed by atoms with Crippen molar-refractivity contribution in [2.45, 2.75) is 32.4 Å². The highest BCUT2D eigenvalue weighted by Gasteiger charge is 2.24. The Kier molecular flexibility index (Phi) is 11.0. The number of guanidine groups is 2. The molecule has 1 aromatic carbocycles. The molecule has 13 nitrogen and oxygen atoms in total. The Hall–Kier alpha value is -3.84. The monoisotopic (exact) mass is 525 g/mol. The molecule has 1 heterocycles. The van der Waals surface area contributed by atoms with Gasteiger partial charge in [-0.15, -0.1) is 12.4 Å². The fourth-order valence-corrected chi connectivity index (χ4v) is 3.14. The minimum absolute atomic E-state index is 0. The molecular weight excluding hydrogens is 497 g/mol. The number of nitrogens with zero attached hydrogens (tertiary/aromatic N) is 4. The van der Waals surface area contributed by atoms with E-state index in [1.807, 2.05) is 12.1 Å². The Balaban J connectivity index is 0.00000612. The molecule has 1 unspecified atom stereocenters. The van der Waals surface area contributed by atoms with Crippen LogP contribution in [0.25, 0.3) is 0 Å². The highest BCUT2D eigenvalue weighted by atomic mass is 35.5. The normalized spacial score (nSPS) is 11.0. The van der Waals surface area contributed by atoms with Crippen molar-refractivity contribution in [2.75, 3.05) is 18.0 Å². The predicted octanol–water partition coefficient (Wildman–Crippen LogP) is 0.424. The van der Waals surface area contributed by atoms with Crippen molar-refractivity contribution < 1.29 is 9.59 Å². The van der Waals surface area contributed by atoms with Gasteiger partial charge in [-0.3, -0.25) is 19.9 Å². The Bertz CT molecular complexity index is 1090. The first-order valence-electron chi connectivity index (χ1n) is 10.2. The molecule has 0 saturated carbocycles. The summed E-state index contributed by atoms with van der Waals surface area (Å²) < 4.78 is 0. The average Bonchev–Trinajstić information content (AvgIpc) is 2.75. The van der Waals surface area contributed by atoms with Crippen molar-refractivity contribution >= 4 is 59.4 Å². The van der Waals surface area contributed by atoms with Gasteiger partial charge in [0.05, 0.1) is 0 Å². The topological polar surface area (TPSA) is 242 Å². The van der Waals surface area contributed by atoms with Gasteiger partial charge in [-0.1, -0.05) is 23.7 Å². The lowest BCUT2D eigenvalue weighted by molar-refractivity contribution is 0.0837. The van der Waals surface area contributed by atoms with Crippen LogP contribution in [0.2, 0.25) is 5.15 Å². The van der Waals surface area contributed by atoms with Crippen LogP contribution in [0.15, 0.2) is 29.3 Å². The summed E-state index contributed by atoms with van der Waals surface area (Å²) in [6.45, 7) is 1.82. The van der Waals surface area contributed by atoms with Crippen LogP contribution in [-0.4, -0.2) is 51.3 Å². The van der Waals surface area contributed by atoms with E-state index in [4.69, 9.17) is 45.7 Å². The largest absolute Gasteiger partial charge is 0.382 e. The maximum atomic E-state index is 12.7. The zero-order valence-electron chi connectivity index (χ0n) is 19.0. The van der Waals surface area contributed by atoms with Crippen LogP contribution in [0.5, 0.6) is 0 Å². The second-order valence-electron chi connectivity index (χ2n) is 7.33. The fourth-order valence-electron chi connectivity index (χ4n) is 3.01. The molecule has 0 bridgehead atoms. The van der Waals surface area contributed by atoms with Crippen LogP contribution >= 0.6 is 24.0 Å². The third-order valence-electron chi connectivity index (χ3n) is 4.64. The zero-order chi connectivity index (χ0) is 25.4. The number of halogens is 2. The molecule has 190 valence electrons. The number of benzene rings is 1. The Morgan fingerprint density at radius 2 is 1.74 bits per heavy atom. The minimum atomic E-state index is -0.690. The van der Waals surface area contributed by atoms with Crippen LogP contribution in [0, 0.1) is 5.41 Å². The Labute approximate surface area is 213 Å². The van der Waals surface area contributed by atoms with Crippen molar-refractivity contribution in [3.63, 3.8) is 0 Å². The number of carbonyl (C=O) groups is 2. The number of aryl methyl sites for hydroxylation is 1. The first kappa shape index (κ1) is 29.2. The Morgan fingerprint density at radius 3 is 2.31 bits per heavy atom. The van der Waals surface area contributed by atoms with Crippen molar-refractivity contribution in [3.05, 3.63) is 46.2 Å². The molecular formula is C20H29Cl2N11O2. The van der Waals surface area contributed by atoms with Gasteiger partial charge in [-0.2, -0.15) is 0 Å². The van der Waals surface area contributed by atoms with E-state index in [9.17, 15) is 9.59 Å². The van der Waals surface area contributed by atoms with E-state index in [0.29, 0.717) is 24.8 Å². The van der Waals surface area contributed by atoms with Gasteiger partial charge in [0.25, 0.3) is 11.8 Å². The highest BCUT2D eigenvalue weighted by molar-refractivity contribution is 6.31. The molecule has 0 saturated heterocycles. The van der Waals surface area contributed by atoms with E-state index in [1.165, 1.54) is 0 Å². The molecule has 2 amide bonds. The first-order valence-corrected chi connectivity index (χ1v) is 10.6. The zero-order valence-corrected chi connectivity index (χ0v) is 20.6. The summed E-state index contributed by atoms with van der Waals surface area (Å²) in [5.74, 6) is -1.85. The SMILES string of the molecule is CC(N=C(N)N)NC(=O)c1ccc(CCCCN(C(=N)N)C(=O)c2nc(Cl)c(N)nc2N)cc1.Cl. The number of amides is 2. The number of hydrogen-bond acceptors (Lipinski definition) is 8. The van der Waals surface area contributed by atoms with Gasteiger partial charge in [0.15, 0.2) is 34.4 Å². The lowest BCUT2D eigenvalue weighted by Crippen LogP contribution is -2.42. The maximum Gasteiger partial charge on any atom is 0.283 e. The number of carbonyl (C=O) groups excluding carboxylic acids is 2. The summed E-state index contributed by atoms with van der Waals surface area (Å²) in [5, 5.41) is 10.2.